The number of anilines is 2. The van der Waals surface area contributed by atoms with Crippen LogP contribution < -0.4 is 5.32 Å². The van der Waals surface area contributed by atoms with Crippen LogP contribution in [0.2, 0.25) is 5.02 Å². The first kappa shape index (κ1) is 13.3. The second kappa shape index (κ2) is 5.68. The lowest BCUT2D eigenvalue weighted by atomic mass is 10.3. The van der Waals surface area contributed by atoms with Crippen molar-refractivity contribution in [3.63, 3.8) is 0 Å². The summed E-state index contributed by atoms with van der Waals surface area (Å²) in [6.45, 7) is 0.0539. The van der Waals surface area contributed by atoms with Gasteiger partial charge in [0.05, 0.1) is 23.9 Å². The predicted octanol–water partition coefficient (Wildman–Crippen LogP) is 2.18. The van der Waals surface area contributed by atoms with Gasteiger partial charge in [0.1, 0.15) is 0 Å². The van der Waals surface area contributed by atoms with Gasteiger partial charge in [-0.15, -0.1) is 0 Å². The first-order valence-corrected chi connectivity index (χ1v) is 5.83. The number of hydrogen-bond donors (Lipinski definition) is 2. The van der Waals surface area contributed by atoms with E-state index >= 15 is 0 Å². The number of nitrogens with zero attached hydrogens (tertiary/aromatic N) is 3. The van der Waals surface area contributed by atoms with Gasteiger partial charge in [0.2, 0.25) is 12.1 Å². The van der Waals surface area contributed by atoms with Crippen LogP contribution in [-0.2, 0) is 6.54 Å². The molecule has 0 bridgehead atoms. The molecule has 8 heteroatoms. The molecule has 0 radical (unpaired) electrons. The number of aromatic nitrogens is 2. The minimum atomic E-state index is -0.590. The number of rotatable bonds is 5. The van der Waals surface area contributed by atoms with Crippen molar-refractivity contribution in [3.8, 4) is 0 Å². The number of nitrogens with one attached hydrogen (secondary N) is 1. The molecule has 0 spiro atoms. The quantitative estimate of drug-likeness (QED) is 0.647. The minimum Gasteiger partial charge on any atom is -0.395 e. The molecule has 1 heterocycles. The van der Waals surface area contributed by atoms with Crippen molar-refractivity contribution in [1.29, 1.82) is 0 Å². The highest BCUT2D eigenvalue weighted by Crippen LogP contribution is 2.29. The standard InChI is InChI=1S/C11H11ClN4O3/c12-8-3-1-2-4-9(8)14-11-10(16(18)19)13-7-15(11)5-6-17/h1-4,7,14,17H,5-6H2. The first-order chi connectivity index (χ1) is 9.13. The Balaban J connectivity index is 2.40. The third-order valence-electron chi connectivity index (χ3n) is 2.46. The van der Waals surface area contributed by atoms with E-state index in [9.17, 15) is 10.1 Å². The van der Waals surface area contributed by atoms with E-state index < -0.39 is 4.92 Å². The number of benzene rings is 1. The molecular weight excluding hydrogens is 272 g/mol. The Kier molecular flexibility index (Phi) is 3.98. The van der Waals surface area contributed by atoms with Gasteiger partial charge in [0.15, 0.2) is 0 Å². The first-order valence-electron chi connectivity index (χ1n) is 5.45. The second-order valence-corrected chi connectivity index (χ2v) is 4.10. The van der Waals surface area contributed by atoms with Gasteiger partial charge in [0.25, 0.3) is 0 Å². The highest BCUT2D eigenvalue weighted by atomic mass is 35.5. The van der Waals surface area contributed by atoms with Crippen LogP contribution in [0.15, 0.2) is 30.6 Å². The fourth-order valence-electron chi connectivity index (χ4n) is 1.60. The smallest absolute Gasteiger partial charge is 0.395 e. The zero-order chi connectivity index (χ0) is 13.8. The molecule has 1 aromatic heterocycles. The van der Waals surface area contributed by atoms with Crippen LogP contribution in [0.3, 0.4) is 0 Å². The summed E-state index contributed by atoms with van der Waals surface area (Å²) < 4.78 is 1.46. The molecule has 0 saturated heterocycles. The molecule has 0 aliphatic heterocycles. The summed E-state index contributed by atoms with van der Waals surface area (Å²) in [5, 5.41) is 23.2. The van der Waals surface area contributed by atoms with Crippen LogP contribution in [0.1, 0.15) is 0 Å². The summed E-state index contributed by atoms with van der Waals surface area (Å²) in [6.07, 6.45) is 1.30. The Morgan fingerprint density at radius 3 is 2.84 bits per heavy atom. The second-order valence-electron chi connectivity index (χ2n) is 3.70. The van der Waals surface area contributed by atoms with Crippen molar-refractivity contribution in [2.24, 2.45) is 0 Å². The number of para-hydroxylation sites is 1. The molecule has 1 aromatic carbocycles. The summed E-state index contributed by atoms with van der Waals surface area (Å²) in [5.41, 5.74) is 0.534. The van der Waals surface area contributed by atoms with E-state index in [-0.39, 0.29) is 24.8 Å². The molecule has 2 rings (SSSR count). The van der Waals surface area contributed by atoms with Crippen LogP contribution >= 0.6 is 11.6 Å². The van der Waals surface area contributed by atoms with Gasteiger partial charge in [-0.1, -0.05) is 23.7 Å². The SMILES string of the molecule is O=[N+]([O-])c1ncn(CCO)c1Nc1ccccc1Cl. The van der Waals surface area contributed by atoms with Crippen molar-refractivity contribution in [2.75, 3.05) is 11.9 Å². The van der Waals surface area contributed by atoms with Crippen molar-refractivity contribution in [2.45, 2.75) is 6.54 Å². The zero-order valence-electron chi connectivity index (χ0n) is 9.78. The monoisotopic (exact) mass is 282 g/mol. The van der Waals surface area contributed by atoms with Gasteiger partial charge >= 0.3 is 5.82 Å². The third-order valence-corrected chi connectivity index (χ3v) is 2.79. The molecule has 100 valence electrons. The fourth-order valence-corrected chi connectivity index (χ4v) is 1.78. The zero-order valence-corrected chi connectivity index (χ0v) is 10.5. The Bertz CT molecular complexity index is 599. The molecule has 2 aromatic rings. The maximum absolute atomic E-state index is 10.9. The number of aliphatic hydroxyl groups excluding tert-OH is 1. The van der Waals surface area contributed by atoms with E-state index in [1.165, 1.54) is 10.9 Å². The predicted molar refractivity (Wildman–Crippen MR) is 70.7 cm³/mol. The average molecular weight is 283 g/mol. The molecule has 0 amide bonds. The summed E-state index contributed by atoms with van der Waals surface area (Å²) in [6, 6.07) is 6.88. The van der Waals surface area contributed by atoms with Gasteiger partial charge < -0.3 is 20.5 Å². The van der Waals surface area contributed by atoms with Crippen LogP contribution in [0.5, 0.6) is 0 Å². The molecule has 0 saturated carbocycles. The number of imidazole rings is 1. The van der Waals surface area contributed by atoms with E-state index in [0.29, 0.717) is 10.7 Å². The summed E-state index contributed by atoms with van der Waals surface area (Å²) in [4.78, 5) is 14.0. The Labute approximate surface area is 113 Å². The molecule has 0 atom stereocenters. The van der Waals surface area contributed by atoms with Crippen LogP contribution in [-0.4, -0.2) is 26.2 Å². The molecule has 2 N–H and O–H groups in total. The van der Waals surface area contributed by atoms with E-state index in [4.69, 9.17) is 16.7 Å². The van der Waals surface area contributed by atoms with Gasteiger partial charge in [-0.25, -0.2) is 0 Å². The van der Waals surface area contributed by atoms with Gasteiger partial charge in [0, 0.05) is 0 Å². The normalized spacial score (nSPS) is 10.4. The van der Waals surface area contributed by atoms with E-state index in [1.54, 1.807) is 24.3 Å². The minimum absolute atomic E-state index is 0.148. The molecule has 19 heavy (non-hydrogen) atoms. The lowest BCUT2D eigenvalue weighted by Gasteiger charge is -2.09. The number of nitro groups is 1. The third kappa shape index (κ3) is 2.83. The lowest BCUT2D eigenvalue weighted by Crippen LogP contribution is -2.06. The van der Waals surface area contributed by atoms with Crippen molar-refractivity contribution < 1.29 is 10.0 Å². The summed E-state index contributed by atoms with van der Waals surface area (Å²) >= 11 is 5.99. The lowest BCUT2D eigenvalue weighted by molar-refractivity contribution is -0.388. The Morgan fingerprint density at radius 2 is 2.21 bits per heavy atom. The van der Waals surface area contributed by atoms with Gasteiger partial charge in [-0.2, -0.15) is 0 Å². The molecular formula is C11H11ClN4O3. The van der Waals surface area contributed by atoms with Crippen molar-refractivity contribution in [3.05, 3.63) is 45.7 Å². The molecule has 0 aliphatic rings. The van der Waals surface area contributed by atoms with Crippen LogP contribution in [0.25, 0.3) is 0 Å². The Hall–Kier alpha value is -2.12. The van der Waals surface area contributed by atoms with E-state index in [0.717, 1.165) is 0 Å². The number of halogens is 1. The van der Waals surface area contributed by atoms with Gasteiger partial charge in [-0.05, 0) is 22.0 Å². The number of hydrogen-bond acceptors (Lipinski definition) is 5. The molecule has 0 unspecified atom stereocenters. The molecule has 0 aliphatic carbocycles. The summed E-state index contributed by atoms with van der Waals surface area (Å²) in [5.74, 6) is -0.125. The fraction of sp³-hybridized carbons (Fsp3) is 0.182. The molecule has 7 nitrogen and oxygen atoms in total. The van der Waals surface area contributed by atoms with Gasteiger partial charge in [-0.3, -0.25) is 4.57 Å². The molecule has 0 fully saturated rings. The van der Waals surface area contributed by atoms with Crippen molar-refractivity contribution >= 4 is 28.9 Å². The highest BCUT2D eigenvalue weighted by Gasteiger charge is 2.22. The average Bonchev–Trinajstić information content (AvgIpc) is 2.76. The summed E-state index contributed by atoms with van der Waals surface area (Å²) in [7, 11) is 0. The van der Waals surface area contributed by atoms with Crippen molar-refractivity contribution in [1.82, 2.24) is 9.55 Å². The van der Waals surface area contributed by atoms with E-state index in [1.807, 2.05) is 0 Å². The maximum atomic E-state index is 10.9. The van der Waals surface area contributed by atoms with E-state index in [2.05, 4.69) is 10.3 Å². The number of aliphatic hydroxyl groups is 1. The Morgan fingerprint density at radius 1 is 1.47 bits per heavy atom. The highest BCUT2D eigenvalue weighted by molar-refractivity contribution is 6.33. The topological polar surface area (TPSA) is 93.2 Å². The largest absolute Gasteiger partial charge is 0.406 e. The van der Waals surface area contributed by atoms with Crippen LogP contribution in [0.4, 0.5) is 17.3 Å². The maximum Gasteiger partial charge on any atom is 0.406 e. The van der Waals surface area contributed by atoms with Crippen LogP contribution in [0, 0.1) is 10.1 Å².